The SMILES string of the molecule is [Ca].[Na].[P]=S. The van der Waals surface area contributed by atoms with Crippen LogP contribution in [0.3, 0.4) is 0 Å². The van der Waals surface area contributed by atoms with Crippen LogP contribution < -0.4 is 0 Å². The van der Waals surface area contributed by atoms with Gasteiger partial charge in [-0.15, -0.1) is 0 Å². The molecule has 4 heteroatoms. The fraction of sp³-hybridized carbons (Fsp3) is 0. The minimum Gasteiger partial charge on any atom is -0.0464 e. The molecule has 0 aromatic rings. The second-order valence-corrected chi connectivity index (χ2v) is 0. The molecule has 0 aromatic carbocycles. The van der Waals surface area contributed by atoms with E-state index in [-0.39, 0.29) is 67.3 Å². The van der Waals surface area contributed by atoms with E-state index in [1.54, 1.807) is 0 Å². The van der Waals surface area contributed by atoms with E-state index in [1.165, 1.54) is 0 Å². The Hall–Kier alpha value is 2.78. The van der Waals surface area contributed by atoms with E-state index in [4.69, 9.17) is 0 Å². The molecule has 0 bridgehead atoms. The van der Waals surface area contributed by atoms with Crippen molar-refractivity contribution in [2.24, 2.45) is 0 Å². The summed E-state index contributed by atoms with van der Waals surface area (Å²) in [5, 5.41) is 0. The zero-order valence-electron chi connectivity index (χ0n) is 2.56. The smallest absolute Gasteiger partial charge is 0.0464 e. The molecule has 0 aliphatic heterocycles. The maximum absolute atomic E-state index is 3.78. The van der Waals surface area contributed by atoms with Crippen LogP contribution in [0.5, 0.6) is 0 Å². The van der Waals surface area contributed by atoms with Crippen LogP contribution in [-0.2, 0) is 11.8 Å². The third-order valence-corrected chi connectivity index (χ3v) is 0. The van der Waals surface area contributed by atoms with E-state index in [0.717, 1.165) is 0 Å². The molecule has 0 aliphatic rings. The maximum Gasteiger partial charge on any atom is 0.0464 e. The molecule has 4 heavy (non-hydrogen) atoms. The molecule has 0 aliphatic carbocycles. The molecular formula is CaNaPS. The molecule has 0 spiro atoms. The topological polar surface area (TPSA) is 0 Å². The predicted octanol–water partition coefficient (Wildman–Crippen LogP) is 0.0972. The van der Waals surface area contributed by atoms with Crippen LogP contribution in [0.4, 0.5) is 0 Å². The molecule has 0 amide bonds. The van der Waals surface area contributed by atoms with E-state index in [1.807, 2.05) is 0 Å². The number of rotatable bonds is 0. The first-order chi connectivity index (χ1) is 1.00. The Morgan fingerprint density at radius 1 is 1.25 bits per heavy atom. The molecule has 0 unspecified atom stereocenters. The Bertz CT molecular complexity index is 8.00. The minimum atomic E-state index is 0. The van der Waals surface area contributed by atoms with Gasteiger partial charge in [-0.2, -0.15) is 0 Å². The van der Waals surface area contributed by atoms with Gasteiger partial charge in [0, 0.05) is 75.3 Å². The van der Waals surface area contributed by atoms with Crippen molar-refractivity contribution in [3.05, 3.63) is 0 Å². The maximum atomic E-state index is 3.78. The van der Waals surface area contributed by atoms with Gasteiger partial charge in [-0.3, -0.25) is 0 Å². The first-order valence-electron chi connectivity index (χ1n) is 0.183. The molecule has 0 heterocycles. The summed E-state index contributed by atoms with van der Waals surface area (Å²) < 4.78 is 0. The van der Waals surface area contributed by atoms with Crippen molar-refractivity contribution >= 4 is 87.1 Å². The van der Waals surface area contributed by atoms with Crippen LogP contribution in [0.15, 0.2) is 0 Å². The van der Waals surface area contributed by atoms with Crippen molar-refractivity contribution in [3.8, 4) is 0 Å². The van der Waals surface area contributed by atoms with Crippen molar-refractivity contribution in [1.82, 2.24) is 0 Å². The third-order valence-electron chi connectivity index (χ3n) is 0. The van der Waals surface area contributed by atoms with Crippen LogP contribution in [0.25, 0.3) is 0 Å². The molecule has 0 saturated heterocycles. The first-order valence-corrected chi connectivity index (χ1v) is 1.64. The third kappa shape index (κ3) is 8.84. The van der Waals surface area contributed by atoms with Crippen LogP contribution in [0.1, 0.15) is 0 Å². The normalized spacial score (nSPS) is 1.00. The standard InChI is InChI=1S/Ca.Na.PS/c;;1-2. The molecule has 0 aromatic heterocycles. The molecule has 0 rings (SSSR count). The summed E-state index contributed by atoms with van der Waals surface area (Å²) in [7, 11) is 3.11. The van der Waals surface area contributed by atoms with Gasteiger partial charge >= 0.3 is 0 Å². The zero-order chi connectivity index (χ0) is 2.00. The van der Waals surface area contributed by atoms with Crippen molar-refractivity contribution < 1.29 is 0 Å². The van der Waals surface area contributed by atoms with E-state index < -0.39 is 0 Å². The van der Waals surface area contributed by atoms with E-state index in [2.05, 4.69) is 19.8 Å². The van der Waals surface area contributed by atoms with Crippen molar-refractivity contribution in [2.75, 3.05) is 0 Å². The number of hydrogen-bond acceptors (Lipinski definition) is 1. The second-order valence-electron chi connectivity index (χ2n) is 0. The molecular weight excluding hydrogens is 126 g/mol. The summed E-state index contributed by atoms with van der Waals surface area (Å²) in [5.74, 6) is 0. The number of hydrogen-bond donors (Lipinski definition) is 0. The van der Waals surface area contributed by atoms with Gasteiger partial charge < -0.3 is 0 Å². The van der Waals surface area contributed by atoms with E-state index in [9.17, 15) is 0 Å². The Morgan fingerprint density at radius 3 is 1.25 bits per heavy atom. The quantitative estimate of drug-likeness (QED) is 0.327. The van der Waals surface area contributed by atoms with Crippen LogP contribution in [0.2, 0.25) is 0 Å². The minimum absolute atomic E-state index is 0. The Morgan fingerprint density at radius 2 is 1.25 bits per heavy atom. The molecule has 0 saturated carbocycles. The van der Waals surface area contributed by atoms with Gasteiger partial charge in [0.15, 0.2) is 0 Å². The van der Waals surface area contributed by atoms with Gasteiger partial charge in [0.1, 0.15) is 0 Å². The van der Waals surface area contributed by atoms with Crippen LogP contribution in [-0.4, -0.2) is 67.3 Å². The largest absolute Gasteiger partial charge is 0.0464 e. The molecule has 0 atom stereocenters. The molecule has 0 N–H and O–H groups in total. The molecule has 14 valence electrons. The van der Waals surface area contributed by atoms with Gasteiger partial charge in [-0.1, -0.05) is 0 Å². The van der Waals surface area contributed by atoms with Crippen molar-refractivity contribution in [2.45, 2.75) is 0 Å². The van der Waals surface area contributed by atoms with E-state index >= 15 is 0 Å². The van der Waals surface area contributed by atoms with Gasteiger partial charge in [0.05, 0.1) is 0 Å². The predicted molar refractivity (Wildman–Crippen MR) is 25.8 cm³/mol. The van der Waals surface area contributed by atoms with Gasteiger partial charge in [-0.25, -0.2) is 0 Å². The summed E-state index contributed by atoms with van der Waals surface area (Å²) in [5.41, 5.74) is 0. The van der Waals surface area contributed by atoms with Gasteiger partial charge in [-0.05, 0) is 11.8 Å². The summed E-state index contributed by atoms with van der Waals surface area (Å²) in [6.45, 7) is 0. The first kappa shape index (κ1) is 15.9. The average molecular weight is 126 g/mol. The fourth-order valence-electron chi connectivity index (χ4n) is 0. The van der Waals surface area contributed by atoms with Crippen LogP contribution in [0, 0.1) is 0 Å². The fourth-order valence-corrected chi connectivity index (χ4v) is 0. The van der Waals surface area contributed by atoms with Crippen molar-refractivity contribution in [1.29, 1.82) is 0 Å². The zero-order valence-corrected chi connectivity index (χ0v) is 8.48. The van der Waals surface area contributed by atoms with Crippen molar-refractivity contribution in [3.63, 3.8) is 0 Å². The monoisotopic (exact) mass is 126 g/mol. The van der Waals surface area contributed by atoms with E-state index in [0.29, 0.717) is 0 Å². The Labute approximate surface area is 85.3 Å². The molecule has 4 radical (unpaired) electrons. The summed E-state index contributed by atoms with van der Waals surface area (Å²) in [6.07, 6.45) is 0. The van der Waals surface area contributed by atoms with Gasteiger partial charge in [0.2, 0.25) is 0 Å². The Kier molecular flexibility index (Phi) is 67.7. The van der Waals surface area contributed by atoms with Crippen LogP contribution >= 0.6 is 8.02 Å². The average Bonchev–Trinajstić information content (AvgIpc) is 1.00. The molecule has 0 fully saturated rings. The Balaban J connectivity index is -0.00000000500. The summed E-state index contributed by atoms with van der Waals surface area (Å²) >= 11 is 3.78. The summed E-state index contributed by atoms with van der Waals surface area (Å²) in [6, 6.07) is 0. The molecule has 0 nitrogen and oxygen atoms in total. The second kappa shape index (κ2) is 17.1. The summed E-state index contributed by atoms with van der Waals surface area (Å²) in [4.78, 5) is 0. The van der Waals surface area contributed by atoms with Gasteiger partial charge in [0.25, 0.3) is 0 Å².